The van der Waals surface area contributed by atoms with Crippen molar-refractivity contribution in [1.29, 1.82) is 0 Å². The number of anilines is 2. The zero-order chi connectivity index (χ0) is 17.6. The van der Waals surface area contributed by atoms with E-state index in [4.69, 9.17) is 0 Å². The first kappa shape index (κ1) is 16.6. The van der Waals surface area contributed by atoms with Gasteiger partial charge in [-0.2, -0.15) is 0 Å². The number of benzene rings is 1. The second-order valence-electron chi connectivity index (χ2n) is 5.89. The van der Waals surface area contributed by atoms with E-state index >= 15 is 0 Å². The first-order valence-electron chi connectivity index (χ1n) is 8.09. The van der Waals surface area contributed by atoms with Crippen LogP contribution in [0.25, 0.3) is 0 Å². The molecule has 0 aliphatic heterocycles. The molecule has 0 saturated heterocycles. The van der Waals surface area contributed by atoms with Crippen molar-refractivity contribution >= 4 is 17.3 Å². The lowest BCUT2D eigenvalue weighted by molar-refractivity contribution is 0.102. The molecular weight excluding hydrogens is 312 g/mol. The quantitative estimate of drug-likeness (QED) is 0.742. The lowest BCUT2D eigenvalue weighted by Gasteiger charge is -2.09. The molecule has 0 unspecified atom stereocenters. The average Bonchev–Trinajstić information content (AvgIpc) is 2.64. The second-order valence-corrected chi connectivity index (χ2v) is 5.89. The van der Waals surface area contributed by atoms with E-state index in [1.54, 1.807) is 24.7 Å². The summed E-state index contributed by atoms with van der Waals surface area (Å²) in [5, 5.41) is 6.14. The standard InChI is InChI=1S/C20H20N4O/c1-14-6-7-17(9-15(14)2)24-20(25)16-10-19(12-21-11-16)23-13-18-5-3-4-8-22-18/h3-12,23H,13H2,1-2H3,(H,24,25). The van der Waals surface area contributed by atoms with E-state index in [0.29, 0.717) is 12.1 Å². The van der Waals surface area contributed by atoms with Gasteiger partial charge in [0, 0.05) is 24.3 Å². The number of nitrogens with one attached hydrogen (secondary N) is 2. The predicted molar refractivity (Wildman–Crippen MR) is 99.7 cm³/mol. The number of aromatic nitrogens is 2. The van der Waals surface area contributed by atoms with Crippen molar-refractivity contribution < 1.29 is 4.79 Å². The van der Waals surface area contributed by atoms with Gasteiger partial charge in [0.15, 0.2) is 0 Å². The summed E-state index contributed by atoms with van der Waals surface area (Å²) in [5.41, 5.74) is 5.32. The topological polar surface area (TPSA) is 66.9 Å². The molecule has 2 aromatic heterocycles. The first-order chi connectivity index (χ1) is 12.1. The second kappa shape index (κ2) is 7.57. The lowest BCUT2D eigenvalue weighted by atomic mass is 10.1. The van der Waals surface area contributed by atoms with Crippen LogP contribution in [-0.2, 0) is 6.54 Å². The van der Waals surface area contributed by atoms with Crippen molar-refractivity contribution in [3.8, 4) is 0 Å². The number of carbonyl (C=O) groups excluding carboxylic acids is 1. The number of hydrogen-bond donors (Lipinski definition) is 2. The molecule has 0 saturated carbocycles. The summed E-state index contributed by atoms with van der Waals surface area (Å²) >= 11 is 0. The molecule has 126 valence electrons. The minimum Gasteiger partial charge on any atom is -0.378 e. The summed E-state index contributed by atoms with van der Waals surface area (Å²) in [4.78, 5) is 20.9. The maximum absolute atomic E-state index is 12.4. The molecular formula is C20H20N4O. The van der Waals surface area contributed by atoms with Crippen molar-refractivity contribution in [3.63, 3.8) is 0 Å². The molecule has 0 aliphatic carbocycles. The fourth-order valence-electron chi connectivity index (χ4n) is 2.38. The zero-order valence-corrected chi connectivity index (χ0v) is 14.3. The number of pyridine rings is 2. The monoisotopic (exact) mass is 332 g/mol. The fourth-order valence-corrected chi connectivity index (χ4v) is 2.38. The molecule has 1 amide bonds. The largest absolute Gasteiger partial charge is 0.378 e. The van der Waals surface area contributed by atoms with Gasteiger partial charge in [0.1, 0.15) is 0 Å². The molecule has 2 N–H and O–H groups in total. The summed E-state index contributed by atoms with van der Waals surface area (Å²) in [5.74, 6) is -0.183. The van der Waals surface area contributed by atoms with Gasteiger partial charge in [-0.25, -0.2) is 0 Å². The van der Waals surface area contributed by atoms with Gasteiger partial charge in [-0.1, -0.05) is 12.1 Å². The van der Waals surface area contributed by atoms with E-state index in [0.717, 1.165) is 22.6 Å². The third-order valence-electron chi connectivity index (χ3n) is 3.96. The number of carbonyl (C=O) groups is 1. The number of aryl methyl sites for hydroxylation is 2. The zero-order valence-electron chi connectivity index (χ0n) is 14.3. The molecule has 3 rings (SSSR count). The Labute approximate surface area is 147 Å². The van der Waals surface area contributed by atoms with Gasteiger partial charge in [-0.3, -0.25) is 14.8 Å². The third-order valence-corrected chi connectivity index (χ3v) is 3.96. The number of rotatable bonds is 5. The SMILES string of the molecule is Cc1ccc(NC(=O)c2cncc(NCc3ccccn3)c2)cc1C. The van der Waals surface area contributed by atoms with Crippen molar-refractivity contribution in [2.24, 2.45) is 0 Å². The fraction of sp³-hybridized carbons (Fsp3) is 0.150. The lowest BCUT2D eigenvalue weighted by Crippen LogP contribution is -2.13. The Morgan fingerprint density at radius 1 is 1.00 bits per heavy atom. The molecule has 3 aromatic rings. The highest BCUT2D eigenvalue weighted by Gasteiger charge is 2.08. The number of hydrogen-bond acceptors (Lipinski definition) is 4. The molecule has 0 fully saturated rings. The maximum atomic E-state index is 12.4. The summed E-state index contributed by atoms with van der Waals surface area (Å²) in [6.45, 7) is 4.64. The number of amides is 1. The molecule has 5 nitrogen and oxygen atoms in total. The Bertz CT molecular complexity index is 878. The minimum absolute atomic E-state index is 0.183. The van der Waals surface area contributed by atoms with Crippen LogP contribution in [0.3, 0.4) is 0 Å². The van der Waals surface area contributed by atoms with E-state index in [9.17, 15) is 4.79 Å². The molecule has 0 atom stereocenters. The highest BCUT2D eigenvalue weighted by molar-refractivity contribution is 6.04. The average molecular weight is 332 g/mol. The summed E-state index contributed by atoms with van der Waals surface area (Å²) < 4.78 is 0. The van der Waals surface area contributed by atoms with E-state index in [2.05, 4.69) is 20.6 Å². The van der Waals surface area contributed by atoms with E-state index < -0.39 is 0 Å². The van der Waals surface area contributed by atoms with E-state index in [1.165, 1.54) is 5.56 Å². The van der Waals surface area contributed by atoms with Crippen LogP contribution in [0.1, 0.15) is 27.2 Å². The first-order valence-corrected chi connectivity index (χ1v) is 8.09. The summed E-state index contributed by atoms with van der Waals surface area (Å²) in [7, 11) is 0. The smallest absolute Gasteiger partial charge is 0.257 e. The van der Waals surface area contributed by atoms with Crippen LogP contribution in [-0.4, -0.2) is 15.9 Å². The number of nitrogens with zero attached hydrogens (tertiary/aromatic N) is 2. The molecule has 5 heteroatoms. The Hall–Kier alpha value is -3.21. The van der Waals surface area contributed by atoms with Crippen molar-refractivity contribution in [1.82, 2.24) is 9.97 Å². The van der Waals surface area contributed by atoms with Crippen LogP contribution < -0.4 is 10.6 Å². The van der Waals surface area contributed by atoms with Crippen LogP contribution in [0.2, 0.25) is 0 Å². The molecule has 0 spiro atoms. The minimum atomic E-state index is -0.183. The van der Waals surface area contributed by atoms with Crippen LogP contribution >= 0.6 is 0 Å². The summed E-state index contributed by atoms with van der Waals surface area (Å²) in [6.07, 6.45) is 5.00. The van der Waals surface area contributed by atoms with Gasteiger partial charge in [-0.05, 0) is 55.3 Å². The van der Waals surface area contributed by atoms with Gasteiger partial charge >= 0.3 is 0 Å². The van der Waals surface area contributed by atoms with Crippen LogP contribution in [0.4, 0.5) is 11.4 Å². The Morgan fingerprint density at radius 3 is 2.64 bits per heavy atom. The third kappa shape index (κ3) is 4.41. The van der Waals surface area contributed by atoms with Gasteiger partial charge in [0.25, 0.3) is 5.91 Å². The van der Waals surface area contributed by atoms with Crippen molar-refractivity contribution in [2.75, 3.05) is 10.6 Å². The van der Waals surface area contributed by atoms with Crippen molar-refractivity contribution in [2.45, 2.75) is 20.4 Å². The molecule has 0 bridgehead atoms. The highest BCUT2D eigenvalue weighted by atomic mass is 16.1. The van der Waals surface area contributed by atoms with Gasteiger partial charge in [0.05, 0.1) is 23.5 Å². The van der Waals surface area contributed by atoms with Gasteiger partial charge < -0.3 is 10.6 Å². The maximum Gasteiger partial charge on any atom is 0.257 e. The Kier molecular flexibility index (Phi) is 5.04. The highest BCUT2D eigenvalue weighted by Crippen LogP contribution is 2.16. The Morgan fingerprint density at radius 2 is 1.88 bits per heavy atom. The van der Waals surface area contributed by atoms with E-state index in [1.807, 2.05) is 50.2 Å². The van der Waals surface area contributed by atoms with Crippen LogP contribution in [0.5, 0.6) is 0 Å². The van der Waals surface area contributed by atoms with Crippen LogP contribution in [0.15, 0.2) is 61.1 Å². The normalized spacial score (nSPS) is 10.3. The van der Waals surface area contributed by atoms with E-state index in [-0.39, 0.29) is 5.91 Å². The molecule has 0 aliphatic rings. The molecule has 25 heavy (non-hydrogen) atoms. The van der Waals surface area contributed by atoms with Gasteiger partial charge in [0.2, 0.25) is 0 Å². The van der Waals surface area contributed by atoms with Crippen LogP contribution in [0, 0.1) is 13.8 Å². The van der Waals surface area contributed by atoms with Crippen molar-refractivity contribution in [3.05, 3.63) is 83.4 Å². The molecule has 2 heterocycles. The molecule has 0 radical (unpaired) electrons. The predicted octanol–water partition coefficient (Wildman–Crippen LogP) is 3.96. The molecule has 1 aromatic carbocycles. The Balaban J connectivity index is 1.67. The van der Waals surface area contributed by atoms with Gasteiger partial charge in [-0.15, -0.1) is 0 Å². The summed E-state index contributed by atoms with van der Waals surface area (Å²) in [6, 6.07) is 13.4.